The maximum Gasteiger partial charge on any atom is 0.0755 e. The normalized spacial score (nSPS) is 10.9. The molecular weight excluding hydrogens is 256 g/mol. The quantitative estimate of drug-likeness (QED) is 0.694. The Labute approximate surface area is 125 Å². The molecule has 0 atom stereocenters. The van der Waals surface area contributed by atoms with Gasteiger partial charge in [0.2, 0.25) is 0 Å². The summed E-state index contributed by atoms with van der Waals surface area (Å²) >= 11 is 0. The number of aromatic nitrogens is 1. The lowest BCUT2D eigenvalue weighted by Gasteiger charge is -2.14. The zero-order chi connectivity index (χ0) is 15.0. The summed E-state index contributed by atoms with van der Waals surface area (Å²) in [6, 6.07) is 14.9. The Kier molecular flexibility index (Phi) is 3.38. The molecule has 0 saturated heterocycles. The average Bonchev–Trinajstić information content (AvgIpc) is 2.42. The van der Waals surface area contributed by atoms with Crippen LogP contribution in [-0.4, -0.2) is 4.98 Å². The molecule has 0 radical (unpaired) electrons. The van der Waals surface area contributed by atoms with Gasteiger partial charge in [-0.3, -0.25) is 4.98 Å². The molecule has 0 spiro atoms. The van der Waals surface area contributed by atoms with Crippen LogP contribution in [0.25, 0.3) is 10.9 Å². The fourth-order valence-electron chi connectivity index (χ4n) is 2.77. The predicted octanol–water partition coefficient (Wildman–Crippen LogP) is 5.21. The first-order valence-electron chi connectivity index (χ1n) is 7.26. The summed E-state index contributed by atoms with van der Waals surface area (Å²) in [5.41, 5.74) is 8.11. The van der Waals surface area contributed by atoms with Crippen molar-refractivity contribution < 1.29 is 0 Å². The second-order valence-electron chi connectivity index (χ2n) is 5.73. The third-order valence-electron chi connectivity index (χ3n) is 3.79. The molecule has 2 heteroatoms. The minimum Gasteiger partial charge on any atom is -0.355 e. The predicted molar refractivity (Wildman–Crippen MR) is 90.4 cm³/mol. The van der Waals surface area contributed by atoms with Crippen LogP contribution in [0.5, 0.6) is 0 Å². The third-order valence-corrected chi connectivity index (χ3v) is 3.79. The highest BCUT2D eigenvalue weighted by molar-refractivity contribution is 5.95. The lowest BCUT2D eigenvalue weighted by atomic mass is 10.0. The van der Waals surface area contributed by atoms with E-state index in [4.69, 9.17) is 4.98 Å². The van der Waals surface area contributed by atoms with E-state index in [1.165, 1.54) is 22.1 Å². The van der Waals surface area contributed by atoms with E-state index in [1.807, 2.05) is 6.92 Å². The lowest BCUT2D eigenvalue weighted by Crippen LogP contribution is -1.97. The molecule has 1 aromatic heterocycles. The number of aryl methyl sites for hydroxylation is 4. The number of benzene rings is 2. The van der Waals surface area contributed by atoms with E-state index >= 15 is 0 Å². The summed E-state index contributed by atoms with van der Waals surface area (Å²) in [6.45, 7) is 8.42. The van der Waals surface area contributed by atoms with Gasteiger partial charge in [-0.25, -0.2) is 0 Å². The van der Waals surface area contributed by atoms with Crippen LogP contribution in [0.2, 0.25) is 0 Å². The van der Waals surface area contributed by atoms with Gasteiger partial charge in [-0.2, -0.15) is 0 Å². The molecule has 3 aromatic rings. The van der Waals surface area contributed by atoms with E-state index in [0.717, 1.165) is 22.6 Å². The van der Waals surface area contributed by atoms with Crippen LogP contribution in [0.3, 0.4) is 0 Å². The van der Waals surface area contributed by atoms with Crippen LogP contribution >= 0.6 is 0 Å². The Morgan fingerprint density at radius 3 is 2.33 bits per heavy atom. The maximum atomic E-state index is 4.70. The Bertz CT molecular complexity index is 819. The molecule has 0 aliphatic carbocycles. The van der Waals surface area contributed by atoms with Crippen molar-refractivity contribution in [2.45, 2.75) is 27.7 Å². The molecular formula is C19H20N2. The van der Waals surface area contributed by atoms with Gasteiger partial charge >= 0.3 is 0 Å². The van der Waals surface area contributed by atoms with Gasteiger partial charge in [0, 0.05) is 22.5 Å². The number of hydrogen-bond acceptors (Lipinski definition) is 2. The molecule has 21 heavy (non-hydrogen) atoms. The highest BCUT2D eigenvalue weighted by Gasteiger charge is 2.08. The summed E-state index contributed by atoms with van der Waals surface area (Å²) in [7, 11) is 0. The molecule has 1 heterocycles. The van der Waals surface area contributed by atoms with Crippen LogP contribution in [0.15, 0.2) is 42.5 Å². The number of pyridine rings is 1. The Hall–Kier alpha value is -2.35. The van der Waals surface area contributed by atoms with Gasteiger partial charge in [-0.05, 0) is 57.0 Å². The highest BCUT2D eigenvalue weighted by Crippen LogP contribution is 2.30. The minimum atomic E-state index is 1.03. The Balaban J connectivity index is 2.20. The first-order chi connectivity index (χ1) is 10.0. The van der Waals surface area contributed by atoms with Crippen molar-refractivity contribution in [3.05, 3.63) is 64.8 Å². The van der Waals surface area contributed by atoms with Crippen molar-refractivity contribution in [3.63, 3.8) is 0 Å². The molecule has 2 nitrogen and oxygen atoms in total. The van der Waals surface area contributed by atoms with Crippen molar-refractivity contribution in [2.24, 2.45) is 0 Å². The van der Waals surface area contributed by atoms with E-state index in [0.29, 0.717) is 0 Å². The van der Waals surface area contributed by atoms with Gasteiger partial charge in [-0.1, -0.05) is 29.8 Å². The monoisotopic (exact) mass is 276 g/mol. The summed E-state index contributed by atoms with van der Waals surface area (Å²) < 4.78 is 0. The summed E-state index contributed by atoms with van der Waals surface area (Å²) in [5, 5.41) is 4.75. The second kappa shape index (κ2) is 5.21. The smallest absolute Gasteiger partial charge is 0.0755 e. The first kappa shape index (κ1) is 13.6. The number of nitrogens with zero attached hydrogens (tertiary/aromatic N) is 1. The average molecular weight is 276 g/mol. The van der Waals surface area contributed by atoms with Crippen LogP contribution in [0.4, 0.5) is 11.4 Å². The van der Waals surface area contributed by atoms with E-state index in [1.54, 1.807) is 0 Å². The van der Waals surface area contributed by atoms with E-state index in [-0.39, 0.29) is 0 Å². The third kappa shape index (κ3) is 2.62. The number of hydrogen-bond donors (Lipinski definition) is 1. The van der Waals surface area contributed by atoms with Gasteiger partial charge in [0.1, 0.15) is 0 Å². The number of fused-ring (bicyclic) bond motifs is 1. The van der Waals surface area contributed by atoms with Crippen molar-refractivity contribution in [2.75, 3.05) is 5.32 Å². The molecule has 0 saturated carbocycles. The first-order valence-corrected chi connectivity index (χ1v) is 7.26. The molecule has 0 bridgehead atoms. The highest BCUT2D eigenvalue weighted by atomic mass is 14.9. The van der Waals surface area contributed by atoms with Crippen LogP contribution < -0.4 is 5.32 Å². The fourth-order valence-corrected chi connectivity index (χ4v) is 2.77. The van der Waals surface area contributed by atoms with Crippen molar-refractivity contribution in [1.29, 1.82) is 0 Å². The molecule has 106 valence electrons. The van der Waals surface area contributed by atoms with Crippen molar-refractivity contribution >= 4 is 22.3 Å². The van der Waals surface area contributed by atoms with Crippen molar-refractivity contribution in [1.82, 2.24) is 4.98 Å². The molecule has 2 aromatic carbocycles. The van der Waals surface area contributed by atoms with Gasteiger partial charge in [0.25, 0.3) is 0 Å². The molecule has 0 unspecified atom stereocenters. The zero-order valence-corrected chi connectivity index (χ0v) is 13.0. The van der Waals surface area contributed by atoms with Gasteiger partial charge in [0.15, 0.2) is 0 Å². The summed E-state index contributed by atoms with van der Waals surface area (Å²) in [6.07, 6.45) is 0. The van der Waals surface area contributed by atoms with E-state index < -0.39 is 0 Å². The molecule has 0 aliphatic heterocycles. The van der Waals surface area contributed by atoms with Crippen molar-refractivity contribution in [3.8, 4) is 0 Å². The van der Waals surface area contributed by atoms with Crippen LogP contribution in [0.1, 0.15) is 22.4 Å². The largest absolute Gasteiger partial charge is 0.355 e. The number of rotatable bonds is 2. The second-order valence-corrected chi connectivity index (χ2v) is 5.73. The number of para-hydroxylation sites is 1. The van der Waals surface area contributed by atoms with E-state index in [9.17, 15) is 0 Å². The maximum absolute atomic E-state index is 4.70. The van der Waals surface area contributed by atoms with Gasteiger partial charge < -0.3 is 5.32 Å². The number of nitrogens with one attached hydrogen (secondary N) is 1. The molecule has 3 rings (SSSR count). The Morgan fingerprint density at radius 2 is 1.57 bits per heavy atom. The van der Waals surface area contributed by atoms with Crippen LogP contribution in [-0.2, 0) is 0 Å². The van der Waals surface area contributed by atoms with Gasteiger partial charge in [-0.15, -0.1) is 0 Å². The number of anilines is 2. The van der Waals surface area contributed by atoms with Gasteiger partial charge in [0.05, 0.1) is 5.52 Å². The standard InChI is InChI=1S/C19H20N2/c1-12-9-14(3)19-16(10-12)18(11-15(4)20-19)21-17-8-6-5-7-13(17)2/h5-11H,1-4H3,(H,20,21). The summed E-state index contributed by atoms with van der Waals surface area (Å²) in [5.74, 6) is 0. The van der Waals surface area contributed by atoms with Crippen LogP contribution in [0, 0.1) is 27.7 Å². The minimum absolute atomic E-state index is 1.03. The Morgan fingerprint density at radius 1 is 0.810 bits per heavy atom. The summed E-state index contributed by atoms with van der Waals surface area (Å²) in [4.78, 5) is 4.70. The SMILES string of the molecule is Cc1cc(C)c2nc(C)cc(Nc3ccccc3C)c2c1. The zero-order valence-electron chi connectivity index (χ0n) is 13.0. The fraction of sp³-hybridized carbons (Fsp3) is 0.211. The lowest BCUT2D eigenvalue weighted by molar-refractivity contribution is 1.23. The molecule has 0 fully saturated rings. The topological polar surface area (TPSA) is 24.9 Å². The molecule has 0 amide bonds. The van der Waals surface area contributed by atoms with E-state index in [2.05, 4.69) is 68.6 Å². The molecule has 0 aliphatic rings. The molecule has 1 N–H and O–H groups in total.